The number of carbonyl (C=O) groups is 1. The lowest BCUT2D eigenvalue weighted by molar-refractivity contribution is -0.121. The molecule has 0 radical (unpaired) electrons. The monoisotopic (exact) mass is 442 g/mol. The van der Waals surface area contributed by atoms with Crippen molar-refractivity contribution in [3.05, 3.63) is 48.3 Å². The predicted molar refractivity (Wildman–Crippen MR) is 104 cm³/mol. The van der Waals surface area contributed by atoms with Gasteiger partial charge in [0.25, 0.3) is 10.0 Å². The molecule has 1 saturated heterocycles. The van der Waals surface area contributed by atoms with E-state index in [1.165, 1.54) is 28.6 Å². The number of nitrogens with zero attached hydrogens (tertiary/aromatic N) is 2. The number of aryl methyl sites for hydroxylation is 1. The number of nitrogens with one attached hydrogen (secondary N) is 2. The maximum Gasteiger partial charge on any atom is 0.257 e. The van der Waals surface area contributed by atoms with Crippen molar-refractivity contribution in [1.82, 2.24) is 19.1 Å². The van der Waals surface area contributed by atoms with Crippen LogP contribution in [0, 0.1) is 0 Å². The molecule has 1 amide bonds. The molecule has 1 aromatic carbocycles. The van der Waals surface area contributed by atoms with Gasteiger partial charge in [0.1, 0.15) is 0 Å². The second-order valence-corrected chi connectivity index (χ2v) is 10.0. The van der Waals surface area contributed by atoms with Crippen LogP contribution in [0.5, 0.6) is 0 Å². The number of amides is 1. The van der Waals surface area contributed by atoms with Gasteiger partial charge in [-0.15, -0.1) is 4.83 Å². The highest BCUT2D eigenvalue weighted by atomic mass is 32.2. The summed E-state index contributed by atoms with van der Waals surface area (Å²) in [6.45, 7) is 1.13. The van der Waals surface area contributed by atoms with Gasteiger partial charge in [0.05, 0.1) is 29.4 Å². The van der Waals surface area contributed by atoms with Gasteiger partial charge in [-0.2, -0.15) is 4.31 Å². The van der Waals surface area contributed by atoms with Crippen LogP contribution in [0.3, 0.4) is 0 Å². The third-order valence-corrected chi connectivity index (χ3v) is 7.64. The summed E-state index contributed by atoms with van der Waals surface area (Å²) in [5, 5.41) is 0. The van der Waals surface area contributed by atoms with E-state index < -0.39 is 26.0 Å². The van der Waals surface area contributed by atoms with Crippen molar-refractivity contribution in [2.45, 2.75) is 16.2 Å². The Morgan fingerprint density at radius 2 is 1.66 bits per heavy atom. The quantitative estimate of drug-likeness (QED) is 0.562. The highest BCUT2D eigenvalue weighted by molar-refractivity contribution is 7.89. The first-order chi connectivity index (χ1) is 13.7. The summed E-state index contributed by atoms with van der Waals surface area (Å²) in [5.41, 5.74) is 2.87. The van der Waals surface area contributed by atoms with Crippen molar-refractivity contribution in [3.63, 3.8) is 0 Å². The van der Waals surface area contributed by atoms with Gasteiger partial charge in [-0.1, -0.05) is 0 Å². The number of sulfonamides is 2. The van der Waals surface area contributed by atoms with Crippen LogP contribution >= 0.6 is 0 Å². The summed E-state index contributed by atoms with van der Waals surface area (Å²) >= 11 is 0. The van der Waals surface area contributed by atoms with Crippen LogP contribution < -0.4 is 10.3 Å². The Bertz CT molecular complexity index is 1070. The minimum absolute atomic E-state index is 0.00273. The highest BCUT2D eigenvalue weighted by Crippen LogP contribution is 2.19. The zero-order chi connectivity index (χ0) is 21.1. The van der Waals surface area contributed by atoms with Crippen LogP contribution in [0.1, 0.15) is 5.69 Å². The number of hydrogen-bond donors (Lipinski definition) is 2. The van der Waals surface area contributed by atoms with Gasteiger partial charge in [-0.3, -0.25) is 10.2 Å². The van der Waals surface area contributed by atoms with Crippen molar-refractivity contribution < 1.29 is 26.4 Å². The molecule has 12 heteroatoms. The van der Waals surface area contributed by atoms with E-state index in [0.29, 0.717) is 13.2 Å². The van der Waals surface area contributed by atoms with E-state index in [2.05, 4.69) is 5.43 Å². The molecule has 29 heavy (non-hydrogen) atoms. The molecule has 1 aromatic heterocycles. The van der Waals surface area contributed by atoms with Crippen LogP contribution in [0.4, 0.5) is 0 Å². The number of rotatable bonds is 7. The Morgan fingerprint density at radius 3 is 2.24 bits per heavy atom. The zero-order valence-electron chi connectivity index (χ0n) is 15.7. The molecule has 0 saturated carbocycles. The lowest BCUT2D eigenvalue weighted by Crippen LogP contribution is -2.42. The largest absolute Gasteiger partial charge is 0.379 e. The molecule has 0 spiro atoms. The molecular weight excluding hydrogens is 420 g/mol. The molecule has 3 rings (SSSR count). The number of carbonyl (C=O) groups excluding carboxylic acids is 1. The highest BCUT2D eigenvalue weighted by Gasteiger charge is 2.27. The minimum Gasteiger partial charge on any atom is -0.379 e. The number of aromatic nitrogens is 1. The lowest BCUT2D eigenvalue weighted by atomic mass is 10.3. The zero-order valence-corrected chi connectivity index (χ0v) is 17.4. The van der Waals surface area contributed by atoms with Gasteiger partial charge in [0.15, 0.2) is 0 Å². The van der Waals surface area contributed by atoms with Gasteiger partial charge in [0, 0.05) is 32.0 Å². The fourth-order valence-electron chi connectivity index (χ4n) is 2.80. The van der Waals surface area contributed by atoms with Gasteiger partial charge < -0.3 is 9.30 Å². The summed E-state index contributed by atoms with van der Waals surface area (Å²) in [6, 6.07) is 8.34. The molecule has 10 nitrogen and oxygen atoms in total. The summed E-state index contributed by atoms with van der Waals surface area (Å²) in [7, 11) is -5.99. The number of benzene rings is 1. The number of morpholine rings is 1. The van der Waals surface area contributed by atoms with E-state index in [9.17, 15) is 21.6 Å². The molecule has 0 bridgehead atoms. The standard InChI is InChI=1S/C17H22N4O6S2/c1-20-8-2-3-14(20)13-17(22)18-19-28(23,24)15-4-6-16(7-5-15)29(25,26)21-9-11-27-12-10-21/h2-8,19H,9-13H2,1H3,(H,18,22). The molecule has 158 valence electrons. The Morgan fingerprint density at radius 1 is 1.03 bits per heavy atom. The molecule has 2 heterocycles. The minimum atomic E-state index is -4.05. The van der Waals surface area contributed by atoms with E-state index >= 15 is 0 Å². The third kappa shape index (κ3) is 5.03. The first kappa shape index (κ1) is 21.5. The molecular formula is C17H22N4O6S2. The van der Waals surface area contributed by atoms with Crippen LogP contribution in [-0.2, 0) is 43.0 Å². The molecule has 1 fully saturated rings. The SMILES string of the molecule is Cn1cccc1CC(=O)NNS(=O)(=O)c1ccc(S(=O)(=O)N2CCOCC2)cc1. The summed E-state index contributed by atoms with van der Waals surface area (Å²) < 4.78 is 58.1. The fraction of sp³-hybridized carbons (Fsp3) is 0.353. The van der Waals surface area contributed by atoms with E-state index in [0.717, 1.165) is 5.69 Å². The van der Waals surface area contributed by atoms with Gasteiger partial charge in [0.2, 0.25) is 15.9 Å². The van der Waals surface area contributed by atoms with E-state index in [4.69, 9.17) is 4.74 Å². The average molecular weight is 443 g/mol. The van der Waals surface area contributed by atoms with E-state index in [1.807, 2.05) is 4.83 Å². The summed E-state index contributed by atoms with van der Waals surface area (Å²) in [4.78, 5) is 13.8. The Labute approximate surface area is 169 Å². The van der Waals surface area contributed by atoms with Crippen molar-refractivity contribution in [3.8, 4) is 0 Å². The first-order valence-electron chi connectivity index (χ1n) is 8.79. The summed E-state index contributed by atoms with van der Waals surface area (Å²) in [6.07, 6.45) is 1.78. The maximum absolute atomic E-state index is 12.6. The number of ether oxygens (including phenoxy) is 1. The smallest absolute Gasteiger partial charge is 0.257 e. The lowest BCUT2D eigenvalue weighted by Gasteiger charge is -2.26. The van der Waals surface area contributed by atoms with Gasteiger partial charge in [-0.05, 0) is 36.4 Å². The Balaban J connectivity index is 1.65. The molecule has 2 aromatic rings. The van der Waals surface area contributed by atoms with Crippen LogP contribution in [0.25, 0.3) is 0 Å². The number of hydrazine groups is 1. The third-order valence-electron chi connectivity index (χ3n) is 4.46. The summed E-state index contributed by atoms with van der Waals surface area (Å²) in [5.74, 6) is -0.526. The normalized spacial score (nSPS) is 15.9. The first-order valence-corrected chi connectivity index (χ1v) is 11.7. The van der Waals surface area contributed by atoms with Crippen LogP contribution in [0.15, 0.2) is 52.4 Å². The van der Waals surface area contributed by atoms with Crippen molar-refractivity contribution in [2.75, 3.05) is 26.3 Å². The van der Waals surface area contributed by atoms with Crippen LogP contribution in [-0.4, -0.2) is 57.9 Å². The number of hydrogen-bond acceptors (Lipinski definition) is 6. The molecule has 0 unspecified atom stereocenters. The topological polar surface area (TPSA) is 127 Å². The Kier molecular flexibility index (Phi) is 6.39. The molecule has 1 aliphatic rings. The molecule has 0 atom stereocenters. The van der Waals surface area contributed by atoms with Gasteiger partial charge in [-0.25, -0.2) is 16.8 Å². The molecule has 2 N–H and O–H groups in total. The second-order valence-electron chi connectivity index (χ2n) is 6.43. The van der Waals surface area contributed by atoms with Crippen molar-refractivity contribution in [1.29, 1.82) is 0 Å². The van der Waals surface area contributed by atoms with Crippen molar-refractivity contribution in [2.24, 2.45) is 7.05 Å². The van der Waals surface area contributed by atoms with E-state index in [1.54, 1.807) is 29.9 Å². The molecule has 1 aliphatic heterocycles. The maximum atomic E-state index is 12.6. The Hall–Kier alpha value is -2.25. The van der Waals surface area contributed by atoms with Crippen molar-refractivity contribution >= 4 is 26.0 Å². The van der Waals surface area contributed by atoms with Gasteiger partial charge >= 0.3 is 0 Å². The average Bonchev–Trinajstić information content (AvgIpc) is 3.12. The predicted octanol–water partition coefficient (Wildman–Crippen LogP) is -0.402. The molecule has 0 aliphatic carbocycles. The second kappa shape index (κ2) is 8.63. The fourth-order valence-corrected chi connectivity index (χ4v) is 5.07. The van der Waals surface area contributed by atoms with E-state index in [-0.39, 0.29) is 29.3 Å². The van der Waals surface area contributed by atoms with Crippen LogP contribution in [0.2, 0.25) is 0 Å².